The standard InChI is InChI=1S/C21H20N2O5S/c1-13-19(29-20(22-13)14-7-5-4-6-8-14)21(25)28-12-18(24)23-16-11-15(26-2)9-10-17(16)27-3/h4-11H,12H2,1-3H3,(H,23,24). The van der Waals surface area contributed by atoms with Crippen LogP contribution in [0.4, 0.5) is 5.69 Å². The molecular weight excluding hydrogens is 392 g/mol. The molecule has 7 nitrogen and oxygen atoms in total. The Bertz CT molecular complexity index is 1020. The molecule has 29 heavy (non-hydrogen) atoms. The van der Waals surface area contributed by atoms with Crippen LogP contribution in [0, 0.1) is 6.92 Å². The second kappa shape index (κ2) is 9.20. The fraction of sp³-hybridized carbons (Fsp3) is 0.190. The maximum atomic E-state index is 12.4. The minimum atomic E-state index is -0.588. The Kier molecular flexibility index (Phi) is 6.46. The molecule has 2 aromatic carbocycles. The third-order valence-corrected chi connectivity index (χ3v) is 5.20. The van der Waals surface area contributed by atoms with Crippen molar-refractivity contribution in [2.45, 2.75) is 6.92 Å². The Labute approximate surface area is 172 Å². The Morgan fingerprint density at radius 1 is 1.07 bits per heavy atom. The van der Waals surface area contributed by atoms with Gasteiger partial charge in [-0.05, 0) is 19.1 Å². The van der Waals surface area contributed by atoms with Gasteiger partial charge in [-0.15, -0.1) is 11.3 Å². The Hall–Kier alpha value is -3.39. The summed E-state index contributed by atoms with van der Waals surface area (Å²) >= 11 is 1.23. The Morgan fingerprint density at radius 2 is 1.83 bits per heavy atom. The van der Waals surface area contributed by atoms with E-state index in [9.17, 15) is 9.59 Å². The minimum Gasteiger partial charge on any atom is -0.497 e. The number of nitrogens with zero attached hydrogens (tertiary/aromatic N) is 1. The van der Waals surface area contributed by atoms with Crippen molar-refractivity contribution in [3.8, 4) is 22.1 Å². The molecule has 1 amide bonds. The summed E-state index contributed by atoms with van der Waals surface area (Å²) in [5.41, 5.74) is 1.91. The number of aryl methyl sites for hydroxylation is 1. The van der Waals surface area contributed by atoms with Gasteiger partial charge in [0.25, 0.3) is 5.91 Å². The van der Waals surface area contributed by atoms with Crippen LogP contribution in [-0.4, -0.2) is 37.7 Å². The van der Waals surface area contributed by atoms with Crippen molar-refractivity contribution in [2.75, 3.05) is 26.1 Å². The molecule has 3 aromatic rings. The van der Waals surface area contributed by atoms with Crippen molar-refractivity contribution in [3.63, 3.8) is 0 Å². The molecule has 1 aromatic heterocycles. The van der Waals surface area contributed by atoms with Gasteiger partial charge in [0.1, 0.15) is 21.4 Å². The van der Waals surface area contributed by atoms with Crippen LogP contribution in [0.2, 0.25) is 0 Å². The van der Waals surface area contributed by atoms with Crippen LogP contribution in [-0.2, 0) is 9.53 Å². The van der Waals surface area contributed by atoms with Gasteiger partial charge in [0.2, 0.25) is 0 Å². The third-order valence-electron chi connectivity index (χ3n) is 4.02. The minimum absolute atomic E-state index is 0.371. The normalized spacial score (nSPS) is 10.3. The average Bonchev–Trinajstić information content (AvgIpc) is 3.14. The van der Waals surface area contributed by atoms with Gasteiger partial charge in [-0.3, -0.25) is 4.79 Å². The van der Waals surface area contributed by atoms with Gasteiger partial charge < -0.3 is 19.5 Å². The quantitative estimate of drug-likeness (QED) is 0.592. The number of amides is 1. The molecule has 0 fully saturated rings. The van der Waals surface area contributed by atoms with Gasteiger partial charge in [0.15, 0.2) is 6.61 Å². The van der Waals surface area contributed by atoms with Crippen molar-refractivity contribution >= 4 is 28.9 Å². The zero-order chi connectivity index (χ0) is 20.8. The second-order valence-electron chi connectivity index (χ2n) is 5.99. The number of benzene rings is 2. The molecule has 0 spiro atoms. The van der Waals surface area contributed by atoms with E-state index in [2.05, 4.69) is 10.3 Å². The molecule has 1 N–H and O–H groups in total. The van der Waals surface area contributed by atoms with E-state index in [4.69, 9.17) is 14.2 Å². The summed E-state index contributed by atoms with van der Waals surface area (Å²) in [6.45, 7) is 1.30. The molecule has 0 unspecified atom stereocenters. The number of nitrogens with one attached hydrogen (secondary N) is 1. The van der Waals surface area contributed by atoms with Crippen molar-refractivity contribution < 1.29 is 23.8 Å². The van der Waals surface area contributed by atoms with Crippen LogP contribution in [0.15, 0.2) is 48.5 Å². The first-order chi connectivity index (χ1) is 14.0. The molecule has 0 bridgehead atoms. The average molecular weight is 412 g/mol. The van der Waals surface area contributed by atoms with E-state index in [-0.39, 0.29) is 0 Å². The lowest BCUT2D eigenvalue weighted by molar-refractivity contribution is -0.119. The van der Waals surface area contributed by atoms with E-state index < -0.39 is 18.5 Å². The summed E-state index contributed by atoms with van der Waals surface area (Å²) in [6.07, 6.45) is 0. The number of thiazole rings is 1. The SMILES string of the molecule is COc1ccc(OC)c(NC(=O)COC(=O)c2sc(-c3ccccc3)nc2C)c1. The molecular formula is C21H20N2O5S. The van der Waals surface area contributed by atoms with Gasteiger partial charge >= 0.3 is 5.97 Å². The molecule has 0 saturated heterocycles. The highest BCUT2D eigenvalue weighted by Crippen LogP contribution is 2.29. The molecule has 0 aliphatic carbocycles. The Morgan fingerprint density at radius 3 is 2.52 bits per heavy atom. The summed E-state index contributed by atoms with van der Waals surface area (Å²) in [4.78, 5) is 29.4. The van der Waals surface area contributed by atoms with E-state index >= 15 is 0 Å². The number of rotatable bonds is 7. The van der Waals surface area contributed by atoms with E-state index in [1.807, 2.05) is 30.3 Å². The monoisotopic (exact) mass is 412 g/mol. The molecule has 150 valence electrons. The van der Waals surface area contributed by atoms with E-state index in [0.29, 0.717) is 27.8 Å². The lowest BCUT2D eigenvalue weighted by Gasteiger charge is -2.11. The van der Waals surface area contributed by atoms with Crippen LogP contribution in [0.25, 0.3) is 10.6 Å². The van der Waals surface area contributed by atoms with Gasteiger partial charge in [-0.1, -0.05) is 30.3 Å². The van der Waals surface area contributed by atoms with Crippen molar-refractivity contribution in [1.29, 1.82) is 0 Å². The second-order valence-corrected chi connectivity index (χ2v) is 6.99. The summed E-state index contributed by atoms with van der Waals surface area (Å²) < 4.78 is 15.5. The van der Waals surface area contributed by atoms with Crippen LogP contribution in [0.5, 0.6) is 11.5 Å². The van der Waals surface area contributed by atoms with Gasteiger partial charge in [0.05, 0.1) is 25.6 Å². The first-order valence-corrected chi connectivity index (χ1v) is 9.55. The summed E-state index contributed by atoms with van der Waals surface area (Å²) in [7, 11) is 3.02. The van der Waals surface area contributed by atoms with Crippen LogP contribution < -0.4 is 14.8 Å². The zero-order valence-electron chi connectivity index (χ0n) is 16.2. The van der Waals surface area contributed by atoms with E-state index in [0.717, 1.165) is 10.6 Å². The fourth-order valence-electron chi connectivity index (χ4n) is 2.58. The largest absolute Gasteiger partial charge is 0.497 e. The van der Waals surface area contributed by atoms with E-state index in [1.54, 1.807) is 25.1 Å². The number of carbonyl (C=O) groups excluding carboxylic acids is 2. The van der Waals surface area contributed by atoms with Crippen molar-refractivity contribution in [3.05, 3.63) is 59.1 Å². The smallest absolute Gasteiger partial charge is 0.350 e. The van der Waals surface area contributed by atoms with Gasteiger partial charge in [-0.25, -0.2) is 9.78 Å². The van der Waals surface area contributed by atoms with Gasteiger partial charge in [-0.2, -0.15) is 0 Å². The first kappa shape index (κ1) is 20.3. The lowest BCUT2D eigenvalue weighted by Crippen LogP contribution is -2.21. The third kappa shape index (κ3) is 4.91. The van der Waals surface area contributed by atoms with Crippen molar-refractivity contribution in [1.82, 2.24) is 4.98 Å². The molecule has 0 atom stereocenters. The van der Waals surface area contributed by atoms with E-state index in [1.165, 1.54) is 25.6 Å². The zero-order valence-corrected chi connectivity index (χ0v) is 17.0. The summed E-state index contributed by atoms with van der Waals surface area (Å²) in [5, 5.41) is 3.38. The highest BCUT2D eigenvalue weighted by Gasteiger charge is 2.19. The molecule has 0 aliphatic rings. The van der Waals surface area contributed by atoms with Crippen LogP contribution in [0.1, 0.15) is 15.4 Å². The summed E-state index contributed by atoms with van der Waals surface area (Å²) in [6, 6.07) is 14.6. The maximum absolute atomic E-state index is 12.4. The summed E-state index contributed by atoms with van der Waals surface area (Å²) in [5.74, 6) is -0.0478. The van der Waals surface area contributed by atoms with Crippen LogP contribution in [0.3, 0.4) is 0 Å². The molecule has 3 rings (SSSR count). The number of anilines is 1. The molecule has 0 radical (unpaired) electrons. The number of aromatic nitrogens is 1. The highest BCUT2D eigenvalue weighted by molar-refractivity contribution is 7.17. The molecule has 0 aliphatic heterocycles. The fourth-order valence-corrected chi connectivity index (χ4v) is 3.55. The lowest BCUT2D eigenvalue weighted by atomic mass is 10.2. The molecule has 0 saturated carbocycles. The number of methoxy groups -OCH3 is 2. The topological polar surface area (TPSA) is 86.8 Å². The first-order valence-electron chi connectivity index (χ1n) is 8.73. The Balaban J connectivity index is 1.64. The van der Waals surface area contributed by atoms with Crippen molar-refractivity contribution in [2.24, 2.45) is 0 Å². The molecule has 1 heterocycles. The highest BCUT2D eigenvalue weighted by atomic mass is 32.1. The number of carbonyl (C=O) groups is 2. The number of esters is 1. The van der Waals surface area contributed by atoms with Crippen LogP contribution >= 0.6 is 11.3 Å². The number of hydrogen-bond donors (Lipinski definition) is 1. The number of hydrogen-bond acceptors (Lipinski definition) is 7. The van der Waals surface area contributed by atoms with Gasteiger partial charge in [0, 0.05) is 11.6 Å². The predicted molar refractivity (Wildman–Crippen MR) is 111 cm³/mol. The maximum Gasteiger partial charge on any atom is 0.350 e. The predicted octanol–water partition coefficient (Wildman–Crippen LogP) is 3.93. The number of ether oxygens (including phenoxy) is 3. The molecule has 8 heteroatoms.